The van der Waals surface area contributed by atoms with Crippen molar-refractivity contribution in [1.29, 1.82) is 0 Å². The van der Waals surface area contributed by atoms with E-state index in [1.807, 2.05) is 31.2 Å². The van der Waals surface area contributed by atoms with Gasteiger partial charge in [-0.2, -0.15) is 9.78 Å². The van der Waals surface area contributed by atoms with E-state index in [1.165, 1.54) is 6.21 Å². The molecule has 10 heteroatoms. The predicted molar refractivity (Wildman–Crippen MR) is 84.6 cm³/mol. The number of anilines is 1. The van der Waals surface area contributed by atoms with Gasteiger partial charge in [-0.25, -0.2) is 10.1 Å². The Labute approximate surface area is 136 Å². The maximum Gasteiger partial charge on any atom is 0.292 e. The molecule has 1 aromatic carbocycles. The highest BCUT2D eigenvalue weighted by molar-refractivity contribution is 5.94. The highest BCUT2D eigenvalue weighted by atomic mass is 16.6. The van der Waals surface area contributed by atoms with Crippen LogP contribution >= 0.6 is 0 Å². The summed E-state index contributed by atoms with van der Waals surface area (Å²) in [5.74, 6) is -0.427. The molecule has 3 rings (SSSR count). The fraction of sp³-hybridized carbons (Fsp3) is 0.143. The minimum absolute atomic E-state index is 0.00268. The maximum atomic E-state index is 12.4. The number of nitrogen functional groups attached to an aromatic ring is 1. The summed E-state index contributed by atoms with van der Waals surface area (Å²) in [5, 5.41) is 18.7. The third kappa shape index (κ3) is 2.97. The Bertz CT molecular complexity index is 894. The van der Waals surface area contributed by atoms with Crippen LogP contribution in [-0.4, -0.2) is 37.4 Å². The molecule has 24 heavy (non-hydrogen) atoms. The molecular formula is C14H14N8O2. The molecule has 0 aliphatic carbocycles. The first-order valence-corrected chi connectivity index (χ1v) is 6.97. The van der Waals surface area contributed by atoms with Crippen LogP contribution in [-0.2, 0) is 0 Å². The van der Waals surface area contributed by atoms with Gasteiger partial charge in [0.2, 0.25) is 11.6 Å². The van der Waals surface area contributed by atoms with Crippen molar-refractivity contribution in [3.63, 3.8) is 0 Å². The van der Waals surface area contributed by atoms with Gasteiger partial charge in [-0.15, -0.1) is 5.10 Å². The molecule has 0 saturated heterocycles. The van der Waals surface area contributed by atoms with E-state index >= 15 is 0 Å². The number of hydrogen-bond acceptors (Lipinski definition) is 8. The van der Waals surface area contributed by atoms with Crippen LogP contribution in [0, 0.1) is 13.8 Å². The van der Waals surface area contributed by atoms with E-state index in [0.29, 0.717) is 5.69 Å². The fourth-order valence-electron chi connectivity index (χ4n) is 1.97. The largest absolute Gasteiger partial charge is 0.378 e. The van der Waals surface area contributed by atoms with Gasteiger partial charge in [0.1, 0.15) is 0 Å². The zero-order valence-corrected chi connectivity index (χ0v) is 13.0. The summed E-state index contributed by atoms with van der Waals surface area (Å²) in [4.78, 5) is 12.4. The lowest BCUT2D eigenvalue weighted by atomic mass is 10.2. The van der Waals surface area contributed by atoms with E-state index in [-0.39, 0.29) is 17.3 Å². The molecule has 0 aliphatic heterocycles. The highest BCUT2D eigenvalue weighted by Gasteiger charge is 2.22. The number of aryl methyl sites for hydroxylation is 2. The van der Waals surface area contributed by atoms with Crippen LogP contribution in [0.2, 0.25) is 0 Å². The van der Waals surface area contributed by atoms with Crippen molar-refractivity contribution < 1.29 is 9.42 Å². The number of nitrogens with zero attached hydrogens (tertiary/aromatic N) is 6. The molecule has 0 saturated carbocycles. The van der Waals surface area contributed by atoms with Gasteiger partial charge < -0.3 is 5.73 Å². The highest BCUT2D eigenvalue weighted by Crippen LogP contribution is 2.14. The van der Waals surface area contributed by atoms with Gasteiger partial charge in [0.25, 0.3) is 5.91 Å². The Hall–Kier alpha value is -3.56. The topological polar surface area (TPSA) is 137 Å². The van der Waals surface area contributed by atoms with Crippen molar-refractivity contribution >= 4 is 17.9 Å². The van der Waals surface area contributed by atoms with Crippen molar-refractivity contribution in [2.24, 2.45) is 5.10 Å². The standard InChI is InChI=1S/C14H14N8O2/c1-8-3-5-10(6-4-8)7-16-18-14(23)11-9(2)17-21-22(11)13-12(15)19-24-20-13/h3-7H,1-2H3,(H2,15,19)(H,18,23)/b16-7-. The summed E-state index contributed by atoms with van der Waals surface area (Å²) in [6.07, 6.45) is 1.53. The Kier molecular flexibility index (Phi) is 4.01. The SMILES string of the molecule is Cc1ccc(/C=N\NC(=O)c2c(C)nnn2-c2nonc2N)cc1. The molecule has 10 nitrogen and oxygen atoms in total. The van der Waals surface area contributed by atoms with Crippen molar-refractivity contribution in [1.82, 2.24) is 30.7 Å². The summed E-state index contributed by atoms with van der Waals surface area (Å²) in [6.45, 7) is 3.62. The van der Waals surface area contributed by atoms with Crippen molar-refractivity contribution in [2.45, 2.75) is 13.8 Å². The lowest BCUT2D eigenvalue weighted by Gasteiger charge is -2.02. The molecule has 0 radical (unpaired) electrons. The summed E-state index contributed by atoms with van der Waals surface area (Å²) in [6, 6.07) is 7.69. The quantitative estimate of drug-likeness (QED) is 0.529. The molecule has 0 aliphatic rings. The van der Waals surface area contributed by atoms with E-state index in [2.05, 4.69) is 35.8 Å². The Morgan fingerprint density at radius 3 is 2.71 bits per heavy atom. The number of carbonyl (C=O) groups excluding carboxylic acids is 1. The number of nitrogens with one attached hydrogen (secondary N) is 1. The smallest absolute Gasteiger partial charge is 0.292 e. The molecule has 0 unspecified atom stereocenters. The molecule has 0 spiro atoms. The van der Waals surface area contributed by atoms with Crippen LogP contribution < -0.4 is 11.2 Å². The second-order valence-electron chi connectivity index (χ2n) is 5.02. The second-order valence-corrected chi connectivity index (χ2v) is 5.02. The van der Waals surface area contributed by atoms with E-state index in [4.69, 9.17) is 5.73 Å². The Morgan fingerprint density at radius 2 is 2.04 bits per heavy atom. The van der Waals surface area contributed by atoms with Crippen molar-refractivity contribution in [2.75, 3.05) is 5.73 Å². The second kappa shape index (κ2) is 6.28. The minimum Gasteiger partial charge on any atom is -0.378 e. The molecule has 0 fully saturated rings. The predicted octanol–water partition coefficient (Wildman–Crippen LogP) is 0.613. The summed E-state index contributed by atoms with van der Waals surface area (Å²) in [5.41, 5.74) is 10.6. The lowest BCUT2D eigenvalue weighted by molar-refractivity contribution is 0.0946. The number of aromatic nitrogens is 5. The van der Waals surface area contributed by atoms with Gasteiger partial charge in [-0.3, -0.25) is 4.79 Å². The third-order valence-electron chi connectivity index (χ3n) is 3.21. The molecule has 3 aromatic rings. The average Bonchev–Trinajstić information content (AvgIpc) is 3.14. The monoisotopic (exact) mass is 326 g/mol. The van der Waals surface area contributed by atoms with E-state index < -0.39 is 5.91 Å². The Morgan fingerprint density at radius 1 is 1.29 bits per heavy atom. The minimum atomic E-state index is -0.511. The first kappa shape index (κ1) is 15.3. The van der Waals surface area contributed by atoms with Crippen molar-refractivity contribution in [3.05, 3.63) is 46.8 Å². The molecule has 3 N–H and O–H groups in total. The lowest BCUT2D eigenvalue weighted by Crippen LogP contribution is -2.22. The van der Waals surface area contributed by atoms with Gasteiger partial charge in [-0.1, -0.05) is 35.0 Å². The van der Waals surface area contributed by atoms with E-state index in [9.17, 15) is 4.79 Å². The zero-order chi connectivity index (χ0) is 17.1. The Balaban J connectivity index is 1.80. The van der Waals surface area contributed by atoms with Gasteiger partial charge in [0.15, 0.2) is 5.69 Å². The maximum absolute atomic E-state index is 12.4. The first-order valence-electron chi connectivity index (χ1n) is 6.97. The van der Waals surface area contributed by atoms with Crippen LogP contribution in [0.4, 0.5) is 5.82 Å². The molecule has 2 aromatic heterocycles. The summed E-state index contributed by atoms with van der Waals surface area (Å²) >= 11 is 0. The number of hydrazone groups is 1. The van der Waals surface area contributed by atoms with Crippen LogP contribution in [0.5, 0.6) is 0 Å². The molecule has 122 valence electrons. The van der Waals surface area contributed by atoms with Gasteiger partial charge in [-0.05, 0) is 29.7 Å². The fourth-order valence-corrected chi connectivity index (χ4v) is 1.97. The van der Waals surface area contributed by atoms with E-state index in [0.717, 1.165) is 15.8 Å². The third-order valence-corrected chi connectivity index (χ3v) is 3.21. The molecule has 0 bridgehead atoms. The number of amides is 1. The molecule has 2 heterocycles. The average molecular weight is 326 g/mol. The number of benzene rings is 1. The molecule has 0 atom stereocenters. The van der Waals surface area contributed by atoms with Crippen molar-refractivity contribution in [3.8, 4) is 5.82 Å². The van der Waals surface area contributed by atoms with Crippen LogP contribution in [0.1, 0.15) is 27.3 Å². The van der Waals surface area contributed by atoms with E-state index in [1.54, 1.807) is 6.92 Å². The van der Waals surface area contributed by atoms with Gasteiger partial charge >= 0.3 is 0 Å². The van der Waals surface area contributed by atoms with Crippen LogP contribution in [0.3, 0.4) is 0 Å². The number of rotatable bonds is 4. The molecule has 1 amide bonds. The zero-order valence-electron chi connectivity index (χ0n) is 13.0. The van der Waals surface area contributed by atoms with Crippen LogP contribution in [0.15, 0.2) is 34.0 Å². The molecular weight excluding hydrogens is 312 g/mol. The summed E-state index contributed by atoms with van der Waals surface area (Å²) in [7, 11) is 0. The summed E-state index contributed by atoms with van der Waals surface area (Å²) < 4.78 is 5.67. The van der Waals surface area contributed by atoms with Gasteiger partial charge in [0.05, 0.1) is 11.9 Å². The van der Waals surface area contributed by atoms with Crippen LogP contribution in [0.25, 0.3) is 5.82 Å². The number of carbonyl (C=O) groups is 1. The first-order chi connectivity index (χ1) is 11.6. The number of nitrogens with two attached hydrogens (primary N) is 1. The van der Waals surface area contributed by atoms with Gasteiger partial charge in [0, 0.05) is 0 Å². The number of hydrogen-bond donors (Lipinski definition) is 2. The normalized spacial score (nSPS) is 11.1.